The lowest BCUT2D eigenvalue weighted by Crippen LogP contribution is -2.33. The van der Waals surface area contributed by atoms with E-state index in [0.29, 0.717) is 35.2 Å². The zero-order valence-corrected chi connectivity index (χ0v) is 26.3. The molecule has 0 radical (unpaired) electrons. The smallest absolute Gasteiger partial charge is 0.335 e. The molecule has 0 aliphatic carbocycles. The molecule has 0 spiro atoms. The third-order valence-corrected chi connectivity index (χ3v) is 9.45. The van der Waals surface area contributed by atoms with Gasteiger partial charge in [0.25, 0.3) is 0 Å². The van der Waals surface area contributed by atoms with E-state index in [-0.39, 0.29) is 29.2 Å². The number of carbonyl (C=O) groups is 1. The number of halogens is 1. The molecule has 4 aromatic heterocycles. The molecular weight excluding hydrogens is 621 g/mol. The number of aromatic nitrogens is 7. The van der Waals surface area contributed by atoms with Crippen LogP contribution in [0.3, 0.4) is 0 Å². The maximum absolute atomic E-state index is 14.3. The van der Waals surface area contributed by atoms with E-state index in [4.69, 9.17) is 20.0 Å². The Labute approximate surface area is 272 Å². The lowest BCUT2D eigenvalue weighted by atomic mass is 9.93. The first-order chi connectivity index (χ1) is 22.9. The van der Waals surface area contributed by atoms with Gasteiger partial charge < -0.3 is 14.4 Å². The van der Waals surface area contributed by atoms with Crippen LogP contribution in [-0.2, 0) is 26.2 Å². The molecule has 14 heteroatoms. The van der Waals surface area contributed by atoms with Crippen molar-refractivity contribution in [3.05, 3.63) is 93.9 Å². The summed E-state index contributed by atoms with van der Waals surface area (Å²) in [6, 6.07) is 15.6. The number of nitrogens with zero attached hydrogens (tertiary/aromatic N) is 9. The molecule has 7 rings (SSSR count). The minimum atomic E-state index is -0.978. The summed E-state index contributed by atoms with van der Waals surface area (Å²) in [4.78, 5) is 28.2. The number of thiazole rings is 1. The van der Waals surface area contributed by atoms with Crippen LogP contribution in [0.2, 0.25) is 0 Å². The summed E-state index contributed by atoms with van der Waals surface area (Å²) in [5.74, 6) is 0.111. The van der Waals surface area contributed by atoms with Crippen LogP contribution in [0.15, 0.2) is 54.7 Å². The van der Waals surface area contributed by atoms with Crippen LogP contribution in [0.5, 0.6) is 5.88 Å². The van der Waals surface area contributed by atoms with E-state index in [1.54, 1.807) is 36.5 Å². The standard InChI is InChI=1S/C33H30FN9O3S/c1-2-43-23(16-36-40-43)17-42-27-14-22(33(44)45)6-7-26(27)37-29(42)18-41-10-8-21(9-11-41)25-4-3-5-30(38-25)46-19-31-39-32-24(34)12-20(15-35)13-28(32)47-31/h3-7,12-14,16,21H,2,8-11,17-19H2,1H3,(H,44,45). The van der Waals surface area contributed by atoms with Crippen molar-refractivity contribution in [1.82, 2.24) is 39.4 Å². The van der Waals surface area contributed by atoms with Crippen molar-refractivity contribution in [2.75, 3.05) is 13.1 Å². The van der Waals surface area contributed by atoms with Crippen LogP contribution in [0.4, 0.5) is 4.39 Å². The lowest BCUT2D eigenvalue weighted by Gasteiger charge is -2.31. The van der Waals surface area contributed by atoms with Gasteiger partial charge in [0.2, 0.25) is 5.88 Å². The number of piperidine rings is 1. The summed E-state index contributed by atoms with van der Waals surface area (Å²) >= 11 is 1.30. The number of rotatable bonds is 10. The molecule has 1 saturated heterocycles. The highest BCUT2D eigenvalue weighted by Crippen LogP contribution is 2.30. The van der Waals surface area contributed by atoms with Gasteiger partial charge in [-0.3, -0.25) is 4.90 Å². The van der Waals surface area contributed by atoms with Crippen molar-refractivity contribution >= 4 is 38.6 Å². The van der Waals surface area contributed by atoms with Crippen molar-refractivity contribution in [2.24, 2.45) is 0 Å². The highest BCUT2D eigenvalue weighted by atomic mass is 32.1. The zero-order valence-electron chi connectivity index (χ0n) is 25.5. The largest absolute Gasteiger partial charge is 0.478 e. The van der Waals surface area contributed by atoms with E-state index in [2.05, 4.69) is 24.8 Å². The molecule has 238 valence electrons. The lowest BCUT2D eigenvalue weighted by molar-refractivity contribution is 0.0697. The van der Waals surface area contributed by atoms with Crippen LogP contribution in [0.1, 0.15) is 63.8 Å². The van der Waals surface area contributed by atoms with Gasteiger partial charge >= 0.3 is 5.97 Å². The third-order valence-electron chi connectivity index (χ3n) is 8.47. The molecule has 0 amide bonds. The van der Waals surface area contributed by atoms with Gasteiger partial charge in [-0.2, -0.15) is 5.26 Å². The fourth-order valence-electron chi connectivity index (χ4n) is 6.05. The number of fused-ring (bicyclic) bond motifs is 2. The van der Waals surface area contributed by atoms with Crippen LogP contribution >= 0.6 is 11.3 Å². The molecule has 0 atom stereocenters. The number of nitriles is 1. The summed E-state index contributed by atoms with van der Waals surface area (Å²) in [7, 11) is 0. The number of likely N-dealkylation sites (tertiary alicyclic amines) is 1. The number of ether oxygens (including phenoxy) is 1. The number of carboxylic acids is 1. The molecule has 1 aliphatic rings. The first kappa shape index (κ1) is 30.4. The van der Waals surface area contributed by atoms with Gasteiger partial charge in [-0.1, -0.05) is 11.3 Å². The second kappa shape index (κ2) is 12.9. The zero-order chi connectivity index (χ0) is 32.5. The van der Waals surface area contributed by atoms with Crippen molar-refractivity contribution in [3.8, 4) is 11.9 Å². The van der Waals surface area contributed by atoms with Crippen LogP contribution in [-0.4, -0.2) is 63.6 Å². The highest BCUT2D eigenvalue weighted by Gasteiger charge is 2.24. The molecule has 0 unspecified atom stereocenters. The van der Waals surface area contributed by atoms with Crippen molar-refractivity contribution in [1.29, 1.82) is 5.26 Å². The number of benzene rings is 2. The molecule has 0 bridgehead atoms. The Hall–Kier alpha value is -5.26. The third kappa shape index (κ3) is 6.27. The Bertz CT molecular complexity index is 2140. The van der Waals surface area contributed by atoms with E-state index in [9.17, 15) is 14.3 Å². The number of hydrogen-bond donors (Lipinski definition) is 1. The quantitative estimate of drug-likeness (QED) is 0.205. The summed E-state index contributed by atoms with van der Waals surface area (Å²) < 4.78 is 24.8. The van der Waals surface area contributed by atoms with Gasteiger partial charge in [-0.15, -0.1) is 16.4 Å². The van der Waals surface area contributed by atoms with Gasteiger partial charge in [0.05, 0.1) is 57.9 Å². The molecule has 5 heterocycles. The number of aromatic carboxylic acids is 1. The second-order valence-electron chi connectivity index (χ2n) is 11.4. The van der Waals surface area contributed by atoms with Crippen LogP contribution in [0.25, 0.3) is 21.3 Å². The number of carboxylic acid groups (broad SMARTS) is 1. The molecule has 2 aromatic carbocycles. The van der Waals surface area contributed by atoms with Crippen molar-refractivity contribution in [2.45, 2.75) is 51.9 Å². The highest BCUT2D eigenvalue weighted by molar-refractivity contribution is 7.18. The number of aryl methyl sites for hydroxylation is 1. The van der Waals surface area contributed by atoms with Gasteiger partial charge in [-0.05, 0) is 69.3 Å². The van der Waals surface area contributed by atoms with E-state index < -0.39 is 11.8 Å². The molecule has 47 heavy (non-hydrogen) atoms. The molecule has 1 fully saturated rings. The summed E-state index contributed by atoms with van der Waals surface area (Å²) in [6.45, 7) is 5.63. The van der Waals surface area contributed by atoms with E-state index in [1.807, 2.05) is 29.8 Å². The van der Waals surface area contributed by atoms with Gasteiger partial charge in [0, 0.05) is 24.2 Å². The molecular formula is C33H30FN9O3S. The number of pyridine rings is 1. The Morgan fingerprint density at radius 3 is 2.77 bits per heavy atom. The molecule has 6 aromatic rings. The molecule has 1 N–H and O–H groups in total. The molecule has 0 saturated carbocycles. The van der Waals surface area contributed by atoms with E-state index in [0.717, 1.165) is 54.2 Å². The number of hydrogen-bond acceptors (Lipinski definition) is 10. The average Bonchev–Trinajstić information content (AvgIpc) is 3.81. The van der Waals surface area contributed by atoms with E-state index >= 15 is 0 Å². The molecule has 1 aliphatic heterocycles. The minimum absolute atomic E-state index is 0.152. The monoisotopic (exact) mass is 651 g/mol. The first-order valence-electron chi connectivity index (χ1n) is 15.3. The summed E-state index contributed by atoms with van der Waals surface area (Å²) in [6.07, 6.45) is 3.55. The van der Waals surface area contributed by atoms with Crippen LogP contribution in [0, 0.1) is 17.1 Å². The predicted octanol–water partition coefficient (Wildman–Crippen LogP) is 5.37. The van der Waals surface area contributed by atoms with Crippen LogP contribution < -0.4 is 4.74 Å². The van der Waals surface area contributed by atoms with Crippen molar-refractivity contribution < 1.29 is 19.0 Å². The van der Waals surface area contributed by atoms with Gasteiger partial charge in [0.1, 0.15) is 23.0 Å². The molecule has 12 nitrogen and oxygen atoms in total. The Morgan fingerprint density at radius 2 is 1.98 bits per heavy atom. The van der Waals surface area contributed by atoms with Gasteiger partial charge in [-0.25, -0.2) is 28.8 Å². The van der Waals surface area contributed by atoms with Crippen molar-refractivity contribution in [3.63, 3.8) is 0 Å². The Kier molecular flexibility index (Phi) is 8.32. The van der Waals surface area contributed by atoms with Gasteiger partial charge in [0.15, 0.2) is 5.82 Å². The normalized spacial score (nSPS) is 14.1. The Morgan fingerprint density at radius 1 is 1.13 bits per heavy atom. The minimum Gasteiger partial charge on any atom is -0.478 e. The Balaban J connectivity index is 1.03. The summed E-state index contributed by atoms with van der Waals surface area (Å²) in [5, 5.41) is 27.6. The second-order valence-corrected chi connectivity index (χ2v) is 12.5. The maximum Gasteiger partial charge on any atom is 0.335 e. The fraction of sp³-hybridized carbons (Fsp3) is 0.303. The number of imidazole rings is 1. The average molecular weight is 652 g/mol. The fourth-order valence-corrected chi connectivity index (χ4v) is 6.99. The first-order valence-corrected chi connectivity index (χ1v) is 16.1. The SMILES string of the molecule is CCn1nncc1Cn1c(CN2CCC(c3cccc(OCc4nc5c(F)cc(C#N)cc5s4)n3)CC2)nc2ccc(C(=O)O)cc21. The maximum atomic E-state index is 14.3. The summed E-state index contributed by atoms with van der Waals surface area (Å²) in [5.41, 5.74) is 4.12. The van der Waals surface area contributed by atoms with E-state index in [1.165, 1.54) is 17.4 Å². The predicted molar refractivity (Wildman–Crippen MR) is 172 cm³/mol. The topological polar surface area (TPSA) is 148 Å².